The number of para-hydroxylation sites is 1. The molecule has 1 saturated carbocycles. The number of rotatable bonds is 2. The number of pyridine rings is 1. The monoisotopic (exact) mass is 282 g/mol. The zero-order chi connectivity index (χ0) is 14.9. The number of aryl methyl sites for hydroxylation is 1. The number of nitrogens with one attached hydrogen (secondary N) is 1. The van der Waals surface area contributed by atoms with Crippen LogP contribution >= 0.6 is 0 Å². The molecule has 0 spiro atoms. The van der Waals surface area contributed by atoms with Crippen molar-refractivity contribution in [1.82, 2.24) is 4.98 Å². The summed E-state index contributed by atoms with van der Waals surface area (Å²) in [5.74, 6) is 0.141. The van der Waals surface area contributed by atoms with Crippen molar-refractivity contribution < 1.29 is 4.79 Å². The Balaban J connectivity index is 1.87. The number of hydrogen-bond acceptors (Lipinski definition) is 2. The Morgan fingerprint density at radius 3 is 2.67 bits per heavy atom. The maximum atomic E-state index is 12.6. The maximum Gasteiger partial charge on any atom is 0.230 e. The second-order valence-corrected chi connectivity index (χ2v) is 6.39. The molecule has 2 aromatic rings. The molecule has 0 bridgehead atoms. The van der Waals surface area contributed by atoms with Crippen LogP contribution in [0.3, 0.4) is 0 Å². The Bertz CT molecular complexity index is 672. The van der Waals surface area contributed by atoms with Gasteiger partial charge in [-0.3, -0.25) is 9.78 Å². The molecule has 21 heavy (non-hydrogen) atoms. The highest BCUT2D eigenvalue weighted by Gasteiger charge is 2.34. The van der Waals surface area contributed by atoms with E-state index in [1.807, 2.05) is 37.3 Å². The summed E-state index contributed by atoms with van der Waals surface area (Å²) in [6.45, 7) is 4.04. The van der Waals surface area contributed by atoms with Crippen LogP contribution in [0.5, 0.6) is 0 Å². The largest absolute Gasteiger partial charge is 0.324 e. The van der Waals surface area contributed by atoms with E-state index in [-0.39, 0.29) is 11.3 Å². The minimum atomic E-state index is -0.226. The number of carbonyl (C=O) groups is 1. The lowest BCUT2D eigenvalue weighted by atomic mass is 9.75. The number of hydrogen-bond donors (Lipinski definition) is 1. The number of fused-ring (bicyclic) bond motifs is 1. The fourth-order valence-electron chi connectivity index (χ4n) is 3.17. The summed E-state index contributed by atoms with van der Waals surface area (Å²) in [7, 11) is 0. The molecule has 1 heterocycles. The molecule has 1 fully saturated rings. The van der Waals surface area contributed by atoms with Crippen LogP contribution in [-0.4, -0.2) is 10.9 Å². The molecule has 0 atom stereocenters. The lowest BCUT2D eigenvalue weighted by Gasteiger charge is -2.32. The van der Waals surface area contributed by atoms with E-state index in [1.165, 1.54) is 6.42 Å². The lowest BCUT2D eigenvalue weighted by molar-refractivity contribution is -0.126. The molecule has 3 rings (SSSR count). The van der Waals surface area contributed by atoms with E-state index in [0.717, 1.165) is 48.0 Å². The van der Waals surface area contributed by atoms with E-state index in [1.54, 1.807) is 0 Å². The Morgan fingerprint density at radius 2 is 1.90 bits per heavy atom. The van der Waals surface area contributed by atoms with Crippen molar-refractivity contribution in [2.75, 3.05) is 5.32 Å². The van der Waals surface area contributed by atoms with Crippen LogP contribution in [0.2, 0.25) is 0 Å². The lowest BCUT2D eigenvalue weighted by Crippen LogP contribution is -2.35. The van der Waals surface area contributed by atoms with E-state index >= 15 is 0 Å². The summed E-state index contributed by atoms with van der Waals surface area (Å²) in [5, 5.41) is 4.17. The van der Waals surface area contributed by atoms with Gasteiger partial charge in [-0.25, -0.2) is 0 Å². The summed E-state index contributed by atoms with van der Waals surface area (Å²) in [4.78, 5) is 17.2. The van der Waals surface area contributed by atoms with Gasteiger partial charge in [0.05, 0.1) is 16.9 Å². The van der Waals surface area contributed by atoms with Gasteiger partial charge in [0.2, 0.25) is 5.91 Å². The third kappa shape index (κ3) is 2.78. The van der Waals surface area contributed by atoms with Crippen molar-refractivity contribution in [1.29, 1.82) is 0 Å². The van der Waals surface area contributed by atoms with Crippen molar-refractivity contribution in [2.24, 2.45) is 5.41 Å². The number of anilines is 1. The fourth-order valence-corrected chi connectivity index (χ4v) is 3.17. The van der Waals surface area contributed by atoms with Crippen LogP contribution in [0.25, 0.3) is 10.9 Å². The molecule has 3 nitrogen and oxygen atoms in total. The van der Waals surface area contributed by atoms with Gasteiger partial charge in [-0.15, -0.1) is 0 Å². The van der Waals surface area contributed by atoms with Crippen molar-refractivity contribution >= 4 is 22.5 Å². The van der Waals surface area contributed by atoms with Crippen LogP contribution in [0.15, 0.2) is 30.3 Å². The second kappa shape index (κ2) is 5.47. The van der Waals surface area contributed by atoms with E-state index in [9.17, 15) is 4.79 Å². The normalized spacial score (nSPS) is 17.6. The quantitative estimate of drug-likeness (QED) is 0.884. The van der Waals surface area contributed by atoms with Gasteiger partial charge < -0.3 is 5.32 Å². The van der Waals surface area contributed by atoms with Gasteiger partial charge in [0.1, 0.15) is 0 Å². The molecule has 1 aliphatic rings. The van der Waals surface area contributed by atoms with Crippen LogP contribution in [0.1, 0.15) is 44.7 Å². The fraction of sp³-hybridized carbons (Fsp3) is 0.444. The third-order valence-electron chi connectivity index (χ3n) is 4.67. The van der Waals surface area contributed by atoms with Gasteiger partial charge in [-0.1, -0.05) is 44.4 Å². The van der Waals surface area contributed by atoms with Gasteiger partial charge in [0, 0.05) is 10.8 Å². The van der Waals surface area contributed by atoms with Crippen LogP contribution in [0.4, 0.5) is 5.69 Å². The first-order valence-corrected chi connectivity index (χ1v) is 7.76. The van der Waals surface area contributed by atoms with Gasteiger partial charge in [-0.05, 0) is 31.9 Å². The van der Waals surface area contributed by atoms with E-state index < -0.39 is 0 Å². The zero-order valence-corrected chi connectivity index (χ0v) is 12.8. The summed E-state index contributed by atoms with van der Waals surface area (Å²) in [5.41, 5.74) is 2.46. The highest BCUT2D eigenvalue weighted by Crippen LogP contribution is 2.37. The van der Waals surface area contributed by atoms with Crippen molar-refractivity contribution in [3.63, 3.8) is 0 Å². The standard InChI is InChI=1S/C18H22N2O/c1-13-16(12-14-8-4-5-9-15(14)19-13)20-17(21)18(2)10-6-3-7-11-18/h4-5,8-9,12H,3,6-7,10-11H2,1-2H3,(H,20,21). The molecule has 0 saturated heterocycles. The molecular formula is C18H22N2O. The summed E-state index contributed by atoms with van der Waals surface area (Å²) >= 11 is 0. The summed E-state index contributed by atoms with van der Waals surface area (Å²) in [6.07, 6.45) is 5.52. The third-order valence-corrected chi connectivity index (χ3v) is 4.67. The molecule has 110 valence electrons. The first-order valence-electron chi connectivity index (χ1n) is 7.76. The maximum absolute atomic E-state index is 12.6. The Kier molecular flexibility index (Phi) is 3.66. The van der Waals surface area contributed by atoms with E-state index in [0.29, 0.717) is 0 Å². The van der Waals surface area contributed by atoms with Gasteiger partial charge in [0.25, 0.3) is 0 Å². The van der Waals surface area contributed by atoms with Crippen molar-refractivity contribution in [2.45, 2.75) is 46.0 Å². The summed E-state index contributed by atoms with van der Waals surface area (Å²) in [6, 6.07) is 10.0. The average molecular weight is 282 g/mol. The molecule has 1 N–H and O–H groups in total. The van der Waals surface area contributed by atoms with Crippen molar-refractivity contribution in [3.8, 4) is 0 Å². The Morgan fingerprint density at radius 1 is 1.19 bits per heavy atom. The number of amides is 1. The van der Waals surface area contributed by atoms with Crippen LogP contribution in [0, 0.1) is 12.3 Å². The highest BCUT2D eigenvalue weighted by molar-refractivity contribution is 5.97. The first kappa shape index (κ1) is 14.1. The Labute approximate surface area is 125 Å². The Hall–Kier alpha value is -1.90. The number of nitrogens with zero attached hydrogens (tertiary/aromatic N) is 1. The number of carbonyl (C=O) groups excluding carboxylic acids is 1. The van der Waals surface area contributed by atoms with Crippen molar-refractivity contribution in [3.05, 3.63) is 36.0 Å². The average Bonchev–Trinajstić information content (AvgIpc) is 2.48. The SMILES string of the molecule is Cc1nc2ccccc2cc1NC(=O)C1(C)CCCCC1. The molecule has 1 amide bonds. The minimum absolute atomic E-state index is 0.141. The van der Waals surface area contributed by atoms with Crippen LogP contribution < -0.4 is 5.32 Å². The molecule has 0 unspecified atom stereocenters. The smallest absolute Gasteiger partial charge is 0.230 e. The summed E-state index contributed by atoms with van der Waals surface area (Å²) < 4.78 is 0. The predicted molar refractivity (Wildman–Crippen MR) is 86.3 cm³/mol. The van der Waals surface area contributed by atoms with Gasteiger partial charge in [-0.2, -0.15) is 0 Å². The number of aromatic nitrogens is 1. The molecule has 0 radical (unpaired) electrons. The molecule has 0 aliphatic heterocycles. The highest BCUT2D eigenvalue weighted by atomic mass is 16.2. The first-order chi connectivity index (χ1) is 10.1. The molecular weight excluding hydrogens is 260 g/mol. The molecule has 1 aromatic heterocycles. The number of benzene rings is 1. The predicted octanol–water partition coefficient (Wildman–Crippen LogP) is 4.45. The minimum Gasteiger partial charge on any atom is -0.324 e. The van der Waals surface area contributed by atoms with E-state index in [4.69, 9.17) is 0 Å². The second-order valence-electron chi connectivity index (χ2n) is 6.39. The van der Waals surface area contributed by atoms with Crippen LogP contribution in [-0.2, 0) is 4.79 Å². The van der Waals surface area contributed by atoms with Gasteiger partial charge >= 0.3 is 0 Å². The molecule has 3 heteroatoms. The van der Waals surface area contributed by atoms with Gasteiger partial charge in [0.15, 0.2) is 0 Å². The molecule has 1 aliphatic carbocycles. The topological polar surface area (TPSA) is 42.0 Å². The zero-order valence-electron chi connectivity index (χ0n) is 12.8. The van der Waals surface area contributed by atoms with E-state index in [2.05, 4.69) is 17.2 Å². The molecule has 1 aromatic carbocycles.